The van der Waals surface area contributed by atoms with Crippen LogP contribution >= 0.6 is 0 Å². The number of carbonyl (C=O) groups is 2. The van der Waals surface area contributed by atoms with Crippen molar-refractivity contribution >= 4 is 30.2 Å². The Morgan fingerprint density at radius 1 is 0.814 bits per heavy atom. The summed E-state index contributed by atoms with van der Waals surface area (Å²) in [6.07, 6.45) is 9.37. The smallest absolute Gasteiger partial charge is 0.678 e. The summed E-state index contributed by atoms with van der Waals surface area (Å²) >= 11 is 0. The summed E-state index contributed by atoms with van der Waals surface area (Å²) in [5, 5.41) is 29.1. The van der Waals surface area contributed by atoms with Gasteiger partial charge in [0.2, 0.25) is 0 Å². The Morgan fingerprint density at radius 2 is 1.40 bits per heavy atom. The minimum Gasteiger partial charge on any atom is -0.678 e. The first-order valence-corrected chi connectivity index (χ1v) is 14.3. The van der Waals surface area contributed by atoms with Crippen LogP contribution in [-0.2, 0) is 45.9 Å². The van der Waals surface area contributed by atoms with Gasteiger partial charge < -0.3 is 30.8 Å². The summed E-state index contributed by atoms with van der Waals surface area (Å²) in [4.78, 5) is 33.1. The molecule has 8 bridgehead atoms. The number of carboxylic acid groups (broad SMARTS) is 2. The standard InChI is InChI=1S/C34H36N4O4.Fe/c1-7-21-17(3)25-13-26-19(5)23(9-11-33(39)40)31(37-26)16-32-24(10-12-34(41)42)20(6)28(38-32)15-30-22(8-2)18(4)27(36-30)14-29(21)35-25;/h7-8,14,16,25,28H,1-2,9-13,15H2,3-6H3,(H,39,40)(H,41,42);/q-4;+4/b29-14-,32-16-;. The van der Waals surface area contributed by atoms with E-state index in [1.165, 1.54) is 0 Å². The second-order valence-electron chi connectivity index (χ2n) is 11.2. The summed E-state index contributed by atoms with van der Waals surface area (Å²) in [6, 6.07) is -0.355. The maximum atomic E-state index is 11.5. The number of hydrogen-bond donors (Lipinski definition) is 2. The summed E-state index contributed by atoms with van der Waals surface area (Å²) in [7, 11) is 0. The molecule has 3 aliphatic rings. The van der Waals surface area contributed by atoms with E-state index in [4.69, 9.17) is 20.6 Å². The van der Waals surface area contributed by atoms with Crippen molar-refractivity contribution in [3.63, 3.8) is 0 Å². The van der Waals surface area contributed by atoms with Crippen LogP contribution < -0.4 is 9.97 Å². The fourth-order valence-corrected chi connectivity index (χ4v) is 6.29. The molecule has 2 N–H and O–H groups in total. The van der Waals surface area contributed by atoms with E-state index < -0.39 is 11.9 Å². The summed E-state index contributed by atoms with van der Waals surface area (Å²) in [5.41, 5.74) is 12.6. The maximum absolute atomic E-state index is 11.5. The van der Waals surface area contributed by atoms with Gasteiger partial charge in [-0.3, -0.25) is 9.59 Å². The third-order valence-electron chi connectivity index (χ3n) is 8.79. The molecule has 2 atom stereocenters. The van der Waals surface area contributed by atoms with E-state index in [9.17, 15) is 19.8 Å². The molecule has 0 radical (unpaired) electrons. The number of aromatic nitrogens is 2. The zero-order valence-electron chi connectivity index (χ0n) is 25.0. The molecular weight excluding hydrogens is 584 g/mol. The minimum absolute atomic E-state index is 0. The monoisotopic (exact) mass is 620 g/mol. The molecule has 0 fully saturated rings. The average Bonchev–Trinajstić information content (AvgIpc) is 3.59. The van der Waals surface area contributed by atoms with Gasteiger partial charge in [-0.2, -0.15) is 11.4 Å². The topological polar surface area (TPSA) is 131 Å². The number of rotatable bonds is 8. The molecule has 2 unspecified atom stereocenters. The Labute approximate surface area is 263 Å². The molecule has 9 heteroatoms. The molecule has 5 rings (SSSR count). The van der Waals surface area contributed by atoms with Crippen LogP contribution in [0, 0.1) is 13.8 Å². The quantitative estimate of drug-likeness (QED) is 0.322. The molecule has 8 nitrogen and oxygen atoms in total. The second kappa shape index (κ2) is 12.7. The predicted octanol–water partition coefficient (Wildman–Crippen LogP) is 6.55. The number of nitrogens with zero attached hydrogens (tertiary/aromatic N) is 4. The van der Waals surface area contributed by atoms with Crippen molar-refractivity contribution in [3.8, 4) is 0 Å². The van der Waals surface area contributed by atoms with E-state index in [-0.39, 0.29) is 42.0 Å². The van der Waals surface area contributed by atoms with Crippen LogP contribution in [-0.4, -0.2) is 34.2 Å². The van der Waals surface area contributed by atoms with Gasteiger partial charge in [0, 0.05) is 12.8 Å². The van der Waals surface area contributed by atoms with Crippen LogP contribution in [0.15, 0.2) is 52.9 Å². The van der Waals surface area contributed by atoms with Gasteiger partial charge in [-0.05, 0) is 51.7 Å². The van der Waals surface area contributed by atoms with Crippen molar-refractivity contribution in [1.29, 1.82) is 0 Å². The summed E-state index contributed by atoms with van der Waals surface area (Å²) in [6.45, 7) is 16.2. The second-order valence-corrected chi connectivity index (χ2v) is 11.2. The van der Waals surface area contributed by atoms with Gasteiger partial charge >= 0.3 is 29.0 Å². The molecule has 0 aliphatic carbocycles. The minimum atomic E-state index is -0.873. The fraction of sp³-hybridized carbons (Fsp3) is 0.353. The molecule has 43 heavy (non-hydrogen) atoms. The first kappa shape index (κ1) is 32.0. The molecule has 2 aromatic heterocycles. The van der Waals surface area contributed by atoms with E-state index in [0.29, 0.717) is 37.1 Å². The fourth-order valence-electron chi connectivity index (χ4n) is 6.29. The Bertz CT molecular complexity index is 1630. The van der Waals surface area contributed by atoms with Crippen LogP contribution in [0.25, 0.3) is 28.9 Å². The molecule has 2 aromatic rings. The van der Waals surface area contributed by atoms with Crippen molar-refractivity contribution in [2.24, 2.45) is 0 Å². The first-order chi connectivity index (χ1) is 20.0. The Kier molecular flexibility index (Phi) is 9.47. The number of aliphatic carboxylic acids is 2. The van der Waals surface area contributed by atoms with Crippen LogP contribution in [0.3, 0.4) is 0 Å². The molecule has 0 saturated heterocycles. The van der Waals surface area contributed by atoms with E-state index in [2.05, 4.69) is 20.1 Å². The molecule has 0 aromatic carbocycles. The van der Waals surface area contributed by atoms with Gasteiger partial charge in [0.05, 0.1) is 0 Å². The predicted molar refractivity (Wildman–Crippen MR) is 165 cm³/mol. The maximum Gasteiger partial charge on any atom is 4.00 e. The molecule has 5 heterocycles. The van der Waals surface area contributed by atoms with Gasteiger partial charge in [0.25, 0.3) is 0 Å². The Hall–Kier alpha value is -3.94. The van der Waals surface area contributed by atoms with Crippen molar-refractivity contribution < 1.29 is 36.9 Å². The first-order valence-electron chi connectivity index (χ1n) is 14.3. The molecule has 0 spiro atoms. The number of hydrogen-bond acceptors (Lipinski definition) is 2. The van der Waals surface area contributed by atoms with Crippen LogP contribution in [0.5, 0.6) is 0 Å². The van der Waals surface area contributed by atoms with Crippen molar-refractivity contribution in [3.05, 3.63) is 109 Å². The normalized spacial score (nSPS) is 21.7. The average molecular weight is 621 g/mol. The van der Waals surface area contributed by atoms with Crippen LogP contribution in [0.4, 0.5) is 0 Å². The third kappa shape index (κ3) is 6.10. The molecule has 224 valence electrons. The number of allylic oxidation sites excluding steroid dienone is 2. The van der Waals surface area contributed by atoms with E-state index in [1.807, 2.05) is 45.1 Å². The van der Waals surface area contributed by atoms with Gasteiger partial charge in [0.1, 0.15) is 0 Å². The van der Waals surface area contributed by atoms with E-state index in [1.54, 1.807) is 0 Å². The Morgan fingerprint density at radius 3 is 2.05 bits per heavy atom. The molecule has 0 amide bonds. The van der Waals surface area contributed by atoms with E-state index in [0.717, 1.165) is 67.3 Å². The summed E-state index contributed by atoms with van der Waals surface area (Å²) in [5.74, 6) is -1.74. The van der Waals surface area contributed by atoms with Crippen molar-refractivity contribution in [2.45, 2.75) is 78.3 Å². The largest absolute Gasteiger partial charge is 4.00 e. The van der Waals surface area contributed by atoms with Crippen molar-refractivity contribution in [1.82, 2.24) is 9.97 Å². The summed E-state index contributed by atoms with van der Waals surface area (Å²) < 4.78 is 0. The number of carboxylic acids is 2. The third-order valence-corrected chi connectivity index (χ3v) is 8.79. The van der Waals surface area contributed by atoms with Gasteiger partial charge in [-0.15, -0.1) is 22.8 Å². The van der Waals surface area contributed by atoms with E-state index >= 15 is 0 Å². The SMILES string of the molecule is C=CC1=C(C)C2Cc3[n-]c(c(CCC(=O)O)c3C)/C=C3\[N-]C(Cc4[n-]c(c(C)c4C=C)/C=C/1[N-]2)C(C)=C3CCC(=O)O.[Fe+4]. The van der Waals surface area contributed by atoms with Gasteiger partial charge in [0.15, 0.2) is 0 Å². The van der Waals surface area contributed by atoms with Crippen LogP contribution in [0.2, 0.25) is 0 Å². The van der Waals surface area contributed by atoms with Gasteiger partial charge in [-0.1, -0.05) is 95.8 Å². The van der Waals surface area contributed by atoms with Gasteiger partial charge in [-0.25, -0.2) is 0 Å². The number of fused-ring (bicyclic) bond motifs is 8. The van der Waals surface area contributed by atoms with Crippen molar-refractivity contribution in [2.75, 3.05) is 0 Å². The zero-order chi connectivity index (χ0) is 30.3. The Balaban J connectivity index is 0.00000423. The molecule has 0 saturated carbocycles. The molecule has 3 aliphatic heterocycles. The molecular formula is C34H36FeN4O4. The van der Waals surface area contributed by atoms with Crippen LogP contribution in [0.1, 0.15) is 78.1 Å². The zero-order valence-corrected chi connectivity index (χ0v) is 26.1.